The summed E-state index contributed by atoms with van der Waals surface area (Å²) in [5.41, 5.74) is 4.84. The maximum Gasteiger partial charge on any atom is 0.387 e. The molecule has 0 amide bonds. The Morgan fingerprint density at radius 1 is 1.24 bits per heavy atom. The Kier molecular flexibility index (Phi) is 4.81. The minimum Gasteiger partial charge on any atom is -0.434 e. The molecule has 2 rings (SSSR count). The standard InChI is InChI=1S/C15H15F2N3O/c1-10-7-12(8-11(2)14(10)21-15(16)17)9-19-20-13-5-3-4-6-18-13/h3-9,15H,1-2H3,(H,18,20)/b19-9-. The third-order valence-electron chi connectivity index (χ3n) is 2.75. The zero-order valence-corrected chi connectivity index (χ0v) is 11.7. The van der Waals surface area contributed by atoms with Crippen LogP contribution in [0.2, 0.25) is 0 Å². The van der Waals surface area contributed by atoms with Crippen LogP contribution < -0.4 is 10.2 Å². The number of alkyl halides is 2. The lowest BCUT2D eigenvalue weighted by Crippen LogP contribution is -2.05. The fourth-order valence-corrected chi connectivity index (χ4v) is 1.94. The highest BCUT2D eigenvalue weighted by Crippen LogP contribution is 2.25. The summed E-state index contributed by atoms with van der Waals surface area (Å²) in [5, 5.41) is 4.06. The highest BCUT2D eigenvalue weighted by molar-refractivity contribution is 5.81. The van der Waals surface area contributed by atoms with E-state index in [1.165, 1.54) is 0 Å². The van der Waals surface area contributed by atoms with E-state index in [9.17, 15) is 8.78 Å². The zero-order valence-electron chi connectivity index (χ0n) is 11.7. The number of aromatic nitrogens is 1. The number of nitrogens with zero attached hydrogens (tertiary/aromatic N) is 2. The highest BCUT2D eigenvalue weighted by Gasteiger charge is 2.10. The van der Waals surface area contributed by atoms with Gasteiger partial charge in [-0.1, -0.05) is 6.07 Å². The smallest absolute Gasteiger partial charge is 0.387 e. The van der Waals surface area contributed by atoms with E-state index in [1.54, 1.807) is 44.5 Å². The van der Waals surface area contributed by atoms with Gasteiger partial charge in [0.2, 0.25) is 0 Å². The van der Waals surface area contributed by atoms with Crippen LogP contribution in [0.15, 0.2) is 41.6 Å². The lowest BCUT2D eigenvalue weighted by atomic mass is 10.1. The zero-order chi connectivity index (χ0) is 15.2. The van der Waals surface area contributed by atoms with Crippen LogP contribution in [0, 0.1) is 13.8 Å². The number of nitrogens with one attached hydrogen (secondary N) is 1. The van der Waals surface area contributed by atoms with Gasteiger partial charge in [-0.15, -0.1) is 0 Å². The highest BCUT2D eigenvalue weighted by atomic mass is 19.3. The van der Waals surface area contributed by atoms with Gasteiger partial charge in [-0.2, -0.15) is 13.9 Å². The number of hydrogen-bond acceptors (Lipinski definition) is 4. The van der Waals surface area contributed by atoms with Crippen molar-refractivity contribution in [2.24, 2.45) is 5.10 Å². The number of hydrazone groups is 1. The first kappa shape index (κ1) is 14.9. The summed E-state index contributed by atoms with van der Waals surface area (Å²) in [6.45, 7) is 0.607. The summed E-state index contributed by atoms with van der Waals surface area (Å²) < 4.78 is 29.1. The molecule has 2 aromatic rings. The third kappa shape index (κ3) is 4.24. The molecule has 4 nitrogen and oxygen atoms in total. The Morgan fingerprint density at radius 2 is 1.95 bits per heavy atom. The Balaban J connectivity index is 2.11. The van der Waals surface area contributed by atoms with Gasteiger partial charge in [-0.05, 0) is 54.8 Å². The monoisotopic (exact) mass is 291 g/mol. The van der Waals surface area contributed by atoms with E-state index in [-0.39, 0.29) is 5.75 Å². The van der Waals surface area contributed by atoms with Crippen LogP contribution in [0.1, 0.15) is 16.7 Å². The number of benzene rings is 1. The second-order valence-corrected chi connectivity index (χ2v) is 4.45. The molecule has 110 valence electrons. The fraction of sp³-hybridized carbons (Fsp3) is 0.200. The van der Waals surface area contributed by atoms with Crippen LogP contribution in [-0.4, -0.2) is 17.8 Å². The van der Waals surface area contributed by atoms with Gasteiger partial charge in [0.25, 0.3) is 0 Å². The van der Waals surface area contributed by atoms with Gasteiger partial charge in [0.15, 0.2) is 0 Å². The van der Waals surface area contributed by atoms with Gasteiger partial charge in [0.1, 0.15) is 11.6 Å². The van der Waals surface area contributed by atoms with E-state index in [2.05, 4.69) is 20.2 Å². The van der Waals surface area contributed by atoms with Gasteiger partial charge < -0.3 is 4.74 Å². The van der Waals surface area contributed by atoms with Gasteiger partial charge in [-0.25, -0.2) is 4.98 Å². The molecule has 0 atom stereocenters. The predicted octanol–water partition coefficient (Wildman–Crippen LogP) is 3.75. The molecule has 1 heterocycles. The fourth-order valence-electron chi connectivity index (χ4n) is 1.94. The molecule has 0 unspecified atom stereocenters. The van der Waals surface area contributed by atoms with Crippen molar-refractivity contribution in [2.45, 2.75) is 20.5 Å². The quantitative estimate of drug-likeness (QED) is 0.674. The van der Waals surface area contributed by atoms with Crippen molar-refractivity contribution >= 4 is 12.0 Å². The van der Waals surface area contributed by atoms with E-state index >= 15 is 0 Å². The summed E-state index contributed by atoms with van der Waals surface area (Å²) in [5.74, 6) is 0.833. The number of aryl methyl sites for hydroxylation is 2. The van der Waals surface area contributed by atoms with E-state index in [1.807, 2.05) is 12.1 Å². The summed E-state index contributed by atoms with van der Waals surface area (Å²) in [6, 6.07) is 8.90. The summed E-state index contributed by atoms with van der Waals surface area (Å²) in [6.07, 6.45) is 3.25. The molecular formula is C15H15F2N3O. The number of hydrogen-bond donors (Lipinski definition) is 1. The summed E-state index contributed by atoms with van der Waals surface area (Å²) >= 11 is 0. The van der Waals surface area contributed by atoms with Gasteiger partial charge in [0, 0.05) is 6.20 Å². The Morgan fingerprint density at radius 3 is 2.52 bits per heavy atom. The second kappa shape index (κ2) is 6.78. The van der Waals surface area contributed by atoms with Crippen LogP contribution in [0.5, 0.6) is 5.75 Å². The van der Waals surface area contributed by atoms with Crippen LogP contribution in [0.4, 0.5) is 14.6 Å². The van der Waals surface area contributed by atoms with Crippen molar-refractivity contribution < 1.29 is 13.5 Å². The first-order chi connectivity index (χ1) is 10.1. The van der Waals surface area contributed by atoms with Crippen LogP contribution in [0.3, 0.4) is 0 Å². The Hall–Kier alpha value is -2.50. The van der Waals surface area contributed by atoms with Gasteiger partial charge in [-0.3, -0.25) is 5.43 Å². The van der Waals surface area contributed by atoms with E-state index < -0.39 is 6.61 Å². The molecule has 0 aliphatic carbocycles. The minimum absolute atomic E-state index is 0.208. The molecule has 21 heavy (non-hydrogen) atoms. The Bertz CT molecular complexity index is 607. The predicted molar refractivity (Wildman–Crippen MR) is 78.0 cm³/mol. The topological polar surface area (TPSA) is 46.5 Å². The van der Waals surface area contributed by atoms with E-state index in [0.29, 0.717) is 16.9 Å². The summed E-state index contributed by atoms with van der Waals surface area (Å²) in [4.78, 5) is 4.06. The average Bonchev–Trinajstić information content (AvgIpc) is 2.44. The lowest BCUT2D eigenvalue weighted by Gasteiger charge is -2.11. The number of rotatable bonds is 5. The maximum absolute atomic E-state index is 12.3. The van der Waals surface area contributed by atoms with Gasteiger partial charge in [0.05, 0.1) is 6.21 Å². The second-order valence-electron chi connectivity index (χ2n) is 4.45. The van der Waals surface area contributed by atoms with Crippen molar-refractivity contribution in [1.82, 2.24) is 4.98 Å². The first-order valence-electron chi connectivity index (χ1n) is 6.32. The molecule has 0 radical (unpaired) electrons. The molecule has 0 aliphatic heterocycles. The number of anilines is 1. The Labute approximate surface area is 121 Å². The molecule has 0 saturated heterocycles. The van der Waals surface area contributed by atoms with Crippen LogP contribution in [-0.2, 0) is 0 Å². The first-order valence-corrected chi connectivity index (χ1v) is 6.32. The molecule has 0 fully saturated rings. The SMILES string of the molecule is Cc1cc(/C=N\Nc2ccccn2)cc(C)c1OC(F)F. The number of ether oxygens (including phenoxy) is 1. The molecule has 1 aromatic heterocycles. The molecule has 0 saturated carbocycles. The summed E-state index contributed by atoms with van der Waals surface area (Å²) in [7, 11) is 0. The molecule has 0 spiro atoms. The number of pyridine rings is 1. The number of halogens is 2. The average molecular weight is 291 g/mol. The van der Waals surface area contributed by atoms with Crippen LogP contribution >= 0.6 is 0 Å². The largest absolute Gasteiger partial charge is 0.434 e. The van der Waals surface area contributed by atoms with Crippen molar-refractivity contribution in [3.05, 3.63) is 53.2 Å². The molecule has 0 bridgehead atoms. The molecule has 6 heteroatoms. The van der Waals surface area contributed by atoms with Crippen molar-refractivity contribution in [3.8, 4) is 5.75 Å². The molecule has 0 aliphatic rings. The van der Waals surface area contributed by atoms with Crippen molar-refractivity contribution in [1.29, 1.82) is 0 Å². The maximum atomic E-state index is 12.3. The van der Waals surface area contributed by atoms with E-state index in [0.717, 1.165) is 5.56 Å². The molecular weight excluding hydrogens is 276 g/mol. The molecule has 1 aromatic carbocycles. The normalized spacial score (nSPS) is 11.1. The molecule has 1 N–H and O–H groups in total. The van der Waals surface area contributed by atoms with Crippen molar-refractivity contribution in [2.75, 3.05) is 5.43 Å². The van der Waals surface area contributed by atoms with E-state index in [4.69, 9.17) is 0 Å². The third-order valence-corrected chi connectivity index (χ3v) is 2.75. The minimum atomic E-state index is -2.83. The lowest BCUT2D eigenvalue weighted by molar-refractivity contribution is -0.0507. The van der Waals surface area contributed by atoms with Gasteiger partial charge >= 0.3 is 6.61 Å². The van der Waals surface area contributed by atoms with Crippen LogP contribution in [0.25, 0.3) is 0 Å². The van der Waals surface area contributed by atoms with Crippen molar-refractivity contribution in [3.63, 3.8) is 0 Å².